The molecule has 1 unspecified atom stereocenters. The summed E-state index contributed by atoms with van der Waals surface area (Å²) in [6.45, 7) is 1.75. The van der Waals surface area contributed by atoms with E-state index in [0.29, 0.717) is 22.8 Å². The Labute approximate surface area is 145 Å². The summed E-state index contributed by atoms with van der Waals surface area (Å²) >= 11 is 0. The van der Waals surface area contributed by atoms with Gasteiger partial charge in [-0.3, -0.25) is 0 Å². The van der Waals surface area contributed by atoms with Gasteiger partial charge < -0.3 is 35.5 Å². The molecule has 1 atom stereocenters. The van der Waals surface area contributed by atoms with Gasteiger partial charge in [0.25, 0.3) is 0 Å². The van der Waals surface area contributed by atoms with Gasteiger partial charge in [0.1, 0.15) is 5.82 Å². The monoisotopic (exact) mass is 350 g/mol. The number of hydrogen-bond acceptors (Lipinski definition) is 9. The number of anilines is 2. The highest BCUT2D eigenvalue weighted by Crippen LogP contribution is 2.40. The van der Waals surface area contributed by atoms with E-state index in [-0.39, 0.29) is 24.1 Å². The standard InChI is InChI=1S/C16H22N4O5/c1-8(22-2)25-13-11(23-3)6-9(7-12(13)24-4)5-10-14(17)19-16(18)20-15(10)21/h6-8H,5H2,1-4H3,(H5,17,18,19,20,21). The summed E-state index contributed by atoms with van der Waals surface area (Å²) in [5, 5.41) is 9.98. The van der Waals surface area contributed by atoms with Crippen LogP contribution in [0.5, 0.6) is 23.1 Å². The first kappa shape index (κ1) is 18.4. The molecule has 0 fully saturated rings. The van der Waals surface area contributed by atoms with Crippen molar-refractivity contribution in [2.45, 2.75) is 19.6 Å². The second-order valence-corrected chi connectivity index (χ2v) is 5.20. The molecule has 0 amide bonds. The molecule has 0 saturated carbocycles. The van der Waals surface area contributed by atoms with Crippen molar-refractivity contribution < 1.29 is 24.1 Å². The number of rotatable bonds is 7. The highest BCUT2D eigenvalue weighted by Gasteiger charge is 2.19. The third kappa shape index (κ3) is 4.13. The predicted molar refractivity (Wildman–Crippen MR) is 92.0 cm³/mol. The van der Waals surface area contributed by atoms with Crippen molar-refractivity contribution in [2.24, 2.45) is 0 Å². The van der Waals surface area contributed by atoms with Crippen LogP contribution in [0.1, 0.15) is 18.1 Å². The number of ether oxygens (including phenoxy) is 4. The Morgan fingerprint density at radius 1 is 1.08 bits per heavy atom. The van der Waals surface area contributed by atoms with Crippen LogP contribution < -0.4 is 25.7 Å². The van der Waals surface area contributed by atoms with E-state index in [0.717, 1.165) is 5.56 Å². The van der Waals surface area contributed by atoms with Crippen molar-refractivity contribution in [1.82, 2.24) is 9.97 Å². The molecule has 9 heteroatoms. The summed E-state index contributed by atoms with van der Waals surface area (Å²) in [6.07, 6.45) is -0.232. The summed E-state index contributed by atoms with van der Waals surface area (Å²) in [7, 11) is 4.56. The van der Waals surface area contributed by atoms with Gasteiger partial charge in [0.15, 0.2) is 17.8 Å². The largest absolute Gasteiger partial charge is 0.493 e. The lowest BCUT2D eigenvalue weighted by Crippen LogP contribution is -2.15. The van der Waals surface area contributed by atoms with Crippen LogP contribution in [0.4, 0.5) is 11.8 Å². The zero-order chi connectivity index (χ0) is 18.6. The van der Waals surface area contributed by atoms with Gasteiger partial charge in [0, 0.05) is 13.5 Å². The molecule has 0 aliphatic rings. The van der Waals surface area contributed by atoms with E-state index < -0.39 is 6.29 Å². The van der Waals surface area contributed by atoms with Crippen molar-refractivity contribution in [3.63, 3.8) is 0 Å². The number of methoxy groups -OCH3 is 3. The molecule has 0 radical (unpaired) electrons. The van der Waals surface area contributed by atoms with Crippen LogP contribution in [0.2, 0.25) is 0 Å². The van der Waals surface area contributed by atoms with Crippen molar-refractivity contribution in [3.05, 3.63) is 23.3 Å². The number of aromatic nitrogens is 2. The quantitative estimate of drug-likeness (QED) is 0.632. The molecule has 0 spiro atoms. The smallest absolute Gasteiger partial charge is 0.225 e. The van der Waals surface area contributed by atoms with Gasteiger partial charge in [0.05, 0.1) is 19.8 Å². The number of aromatic hydroxyl groups is 1. The van der Waals surface area contributed by atoms with Gasteiger partial charge in [-0.1, -0.05) is 0 Å². The number of hydrogen-bond donors (Lipinski definition) is 3. The van der Waals surface area contributed by atoms with E-state index in [9.17, 15) is 5.11 Å². The van der Waals surface area contributed by atoms with Gasteiger partial charge in [0.2, 0.25) is 17.6 Å². The molecule has 0 aliphatic carbocycles. The Hall–Kier alpha value is -2.94. The maximum atomic E-state index is 9.98. The molecular weight excluding hydrogens is 328 g/mol. The topological polar surface area (TPSA) is 135 Å². The van der Waals surface area contributed by atoms with Crippen LogP contribution in [0.3, 0.4) is 0 Å². The molecule has 0 saturated heterocycles. The minimum atomic E-state index is -0.487. The summed E-state index contributed by atoms with van der Waals surface area (Å²) in [6, 6.07) is 3.49. The third-order valence-corrected chi connectivity index (χ3v) is 3.55. The van der Waals surface area contributed by atoms with E-state index >= 15 is 0 Å². The fourth-order valence-electron chi connectivity index (χ4n) is 2.25. The first-order chi connectivity index (χ1) is 11.9. The highest BCUT2D eigenvalue weighted by atomic mass is 16.7. The lowest BCUT2D eigenvalue weighted by molar-refractivity contribution is -0.0408. The lowest BCUT2D eigenvalue weighted by atomic mass is 10.0. The molecule has 1 heterocycles. The van der Waals surface area contributed by atoms with Crippen LogP contribution in [-0.2, 0) is 11.2 Å². The molecule has 25 heavy (non-hydrogen) atoms. The van der Waals surface area contributed by atoms with Crippen LogP contribution in [0.25, 0.3) is 0 Å². The summed E-state index contributed by atoms with van der Waals surface area (Å²) in [4.78, 5) is 7.59. The molecule has 9 nitrogen and oxygen atoms in total. The minimum absolute atomic E-state index is 0.0915. The van der Waals surface area contributed by atoms with E-state index in [1.165, 1.54) is 21.3 Å². The maximum absolute atomic E-state index is 9.98. The zero-order valence-corrected chi connectivity index (χ0v) is 14.6. The molecule has 2 rings (SSSR count). The predicted octanol–water partition coefficient (Wildman–Crippen LogP) is 1.33. The average Bonchev–Trinajstić information content (AvgIpc) is 2.58. The van der Waals surface area contributed by atoms with Crippen molar-refractivity contribution in [3.8, 4) is 23.1 Å². The summed E-state index contributed by atoms with van der Waals surface area (Å²) in [5.74, 6) is 1.06. The van der Waals surface area contributed by atoms with Crippen LogP contribution in [-0.4, -0.2) is 42.7 Å². The molecule has 136 valence electrons. The van der Waals surface area contributed by atoms with Crippen LogP contribution in [0.15, 0.2) is 12.1 Å². The molecule has 1 aromatic carbocycles. The second kappa shape index (κ2) is 7.75. The molecule has 2 aromatic rings. The maximum Gasteiger partial charge on any atom is 0.225 e. The minimum Gasteiger partial charge on any atom is -0.493 e. The summed E-state index contributed by atoms with van der Waals surface area (Å²) < 4.78 is 21.6. The van der Waals surface area contributed by atoms with Gasteiger partial charge in [-0.25, -0.2) is 0 Å². The fraction of sp³-hybridized carbons (Fsp3) is 0.375. The molecular formula is C16H22N4O5. The van der Waals surface area contributed by atoms with Gasteiger partial charge in [-0.05, 0) is 24.6 Å². The van der Waals surface area contributed by atoms with Crippen LogP contribution >= 0.6 is 0 Å². The Kier molecular flexibility index (Phi) is 5.71. The van der Waals surface area contributed by atoms with E-state index in [2.05, 4.69) is 9.97 Å². The Morgan fingerprint density at radius 2 is 1.68 bits per heavy atom. The number of nitrogens with zero attached hydrogens (tertiary/aromatic N) is 2. The van der Waals surface area contributed by atoms with Crippen LogP contribution in [0, 0.1) is 0 Å². The van der Waals surface area contributed by atoms with Crippen molar-refractivity contribution in [2.75, 3.05) is 32.8 Å². The average molecular weight is 350 g/mol. The van der Waals surface area contributed by atoms with Crippen molar-refractivity contribution >= 4 is 11.8 Å². The first-order valence-electron chi connectivity index (χ1n) is 7.44. The van der Waals surface area contributed by atoms with E-state index in [1.54, 1.807) is 19.1 Å². The first-order valence-corrected chi connectivity index (χ1v) is 7.44. The van der Waals surface area contributed by atoms with E-state index in [1.807, 2.05) is 0 Å². The Bertz CT molecular complexity index is 705. The number of benzene rings is 1. The summed E-state index contributed by atoms with van der Waals surface area (Å²) in [5.41, 5.74) is 12.4. The second-order valence-electron chi connectivity index (χ2n) is 5.20. The Balaban J connectivity index is 2.43. The highest BCUT2D eigenvalue weighted by molar-refractivity contribution is 5.57. The molecule has 0 bridgehead atoms. The van der Waals surface area contributed by atoms with Gasteiger partial charge in [-0.15, -0.1) is 0 Å². The molecule has 1 aromatic heterocycles. The van der Waals surface area contributed by atoms with Crippen molar-refractivity contribution in [1.29, 1.82) is 0 Å². The lowest BCUT2D eigenvalue weighted by Gasteiger charge is -2.19. The SMILES string of the molecule is COc1cc(Cc2c(N)nc(N)nc2O)cc(OC)c1OC(C)OC. The zero-order valence-electron chi connectivity index (χ0n) is 14.6. The Morgan fingerprint density at radius 3 is 2.16 bits per heavy atom. The normalized spacial score (nSPS) is 11.8. The van der Waals surface area contributed by atoms with Gasteiger partial charge >= 0.3 is 0 Å². The van der Waals surface area contributed by atoms with Gasteiger partial charge in [-0.2, -0.15) is 9.97 Å². The third-order valence-electron chi connectivity index (χ3n) is 3.55. The number of nitrogen functional groups attached to an aromatic ring is 2. The van der Waals surface area contributed by atoms with E-state index in [4.69, 9.17) is 30.4 Å². The fourth-order valence-corrected chi connectivity index (χ4v) is 2.25. The number of nitrogens with two attached hydrogens (primary N) is 2. The molecule has 5 N–H and O–H groups in total. The molecule has 0 aliphatic heterocycles.